The Hall–Kier alpha value is -1.36. The number of imidazole rings is 1. The molecule has 15 heavy (non-hydrogen) atoms. The molecule has 0 radical (unpaired) electrons. The molecular weight excluding hydrogens is 192 g/mol. The molecule has 3 N–H and O–H groups in total. The molecule has 1 rings (SSSR count). The van der Waals surface area contributed by atoms with Crippen molar-refractivity contribution >= 4 is 5.91 Å². The molecule has 5 nitrogen and oxygen atoms in total. The first-order valence-corrected chi connectivity index (χ1v) is 5.02. The fraction of sp³-hybridized carbons (Fsp3) is 0.600. The predicted octanol–water partition coefficient (Wildman–Crippen LogP) is 0.133. The van der Waals surface area contributed by atoms with Gasteiger partial charge in [-0.15, -0.1) is 0 Å². The number of hydrogen-bond acceptors (Lipinski definition) is 3. The van der Waals surface area contributed by atoms with Gasteiger partial charge in [0.15, 0.2) is 0 Å². The Balaban J connectivity index is 2.43. The maximum absolute atomic E-state index is 11.5. The van der Waals surface area contributed by atoms with Crippen molar-refractivity contribution in [3.63, 3.8) is 0 Å². The van der Waals surface area contributed by atoms with Crippen molar-refractivity contribution in [2.75, 3.05) is 6.54 Å². The van der Waals surface area contributed by atoms with Crippen molar-refractivity contribution < 1.29 is 4.79 Å². The second-order valence-corrected chi connectivity index (χ2v) is 4.04. The molecule has 0 aliphatic heterocycles. The van der Waals surface area contributed by atoms with E-state index in [4.69, 9.17) is 5.73 Å². The number of amides is 1. The summed E-state index contributed by atoms with van der Waals surface area (Å²) >= 11 is 0. The fourth-order valence-electron chi connectivity index (χ4n) is 1.07. The van der Waals surface area contributed by atoms with E-state index in [9.17, 15) is 4.79 Å². The van der Waals surface area contributed by atoms with Gasteiger partial charge in [-0.1, -0.05) is 13.8 Å². The van der Waals surface area contributed by atoms with E-state index in [-0.39, 0.29) is 11.9 Å². The molecule has 1 aromatic rings. The van der Waals surface area contributed by atoms with Crippen LogP contribution in [0.25, 0.3) is 0 Å². The van der Waals surface area contributed by atoms with Crippen LogP contribution in [0.15, 0.2) is 12.5 Å². The van der Waals surface area contributed by atoms with Gasteiger partial charge in [0, 0.05) is 25.8 Å². The standard InChI is InChI=1S/C10H18N4O/c1-7(2)8(11)4-12-10(15)9-5-14(3)6-13-9/h5-8H,4,11H2,1-3H3,(H,12,15). The summed E-state index contributed by atoms with van der Waals surface area (Å²) in [4.78, 5) is 15.5. The lowest BCUT2D eigenvalue weighted by Gasteiger charge is -2.15. The predicted molar refractivity (Wildman–Crippen MR) is 58.4 cm³/mol. The maximum Gasteiger partial charge on any atom is 0.271 e. The molecule has 0 aliphatic carbocycles. The first kappa shape index (κ1) is 11.7. The van der Waals surface area contributed by atoms with Crippen molar-refractivity contribution in [1.82, 2.24) is 14.9 Å². The lowest BCUT2D eigenvalue weighted by molar-refractivity contribution is 0.0944. The minimum atomic E-state index is -0.174. The van der Waals surface area contributed by atoms with Crippen LogP contribution < -0.4 is 11.1 Å². The average Bonchev–Trinajstić information content (AvgIpc) is 2.60. The third-order valence-electron chi connectivity index (χ3n) is 2.29. The Morgan fingerprint density at radius 2 is 2.33 bits per heavy atom. The van der Waals surface area contributed by atoms with Crippen LogP contribution in [-0.4, -0.2) is 28.0 Å². The Morgan fingerprint density at radius 1 is 1.67 bits per heavy atom. The first-order valence-electron chi connectivity index (χ1n) is 5.02. The zero-order chi connectivity index (χ0) is 11.4. The molecular formula is C10H18N4O. The summed E-state index contributed by atoms with van der Waals surface area (Å²) in [5.41, 5.74) is 6.23. The number of nitrogens with zero attached hydrogens (tertiary/aromatic N) is 2. The normalized spacial score (nSPS) is 12.9. The quantitative estimate of drug-likeness (QED) is 0.742. The Kier molecular flexibility index (Phi) is 3.85. The van der Waals surface area contributed by atoms with Gasteiger partial charge < -0.3 is 15.6 Å². The van der Waals surface area contributed by atoms with E-state index in [0.29, 0.717) is 18.2 Å². The number of nitrogens with two attached hydrogens (primary N) is 1. The summed E-state index contributed by atoms with van der Waals surface area (Å²) in [6.07, 6.45) is 3.27. The van der Waals surface area contributed by atoms with Gasteiger partial charge in [-0.3, -0.25) is 4.79 Å². The smallest absolute Gasteiger partial charge is 0.271 e. The molecule has 0 aromatic carbocycles. The van der Waals surface area contributed by atoms with Gasteiger partial charge >= 0.3 is 0 Å². The van der Waals surface area contributed by atoms with Crippen molar-refractivity contribution in [3.05, 3.63) is 18.2 Å². The van der Waals surface area contributed by atoms with Crippen LogP contribution in [0.4, 0.5) is 0 Å². The van der Waals surface area contributed by atoms with Crippen LogP contribution in [0, 0.1) is 5.92 Å². The molecule has 0 saturated heterocycles. The second kappa shape index (κ2) is 4.93. The monoisotopic (exact) mass is 210 g/mol. The van der Waals surface area contributed by atoms with Crippen molar-refractivity contribution in [2.24, 2.45) is 18.7 Å². The van der Waals surface area contributed by atoms with Gasteiger partial charge in [-0.25, -0.2) is 4.98 Å². The summed E-state index contributed by atoms with van der Waals surface area (Å²) in [6, 6.07) is -0.0161. The highest BCUT2D eigenvalue weighted by Gasteiger charge is 2.12. The molecule has 1 unspecified atom stereocenters. The molecule has 84 valence electrons. The van der Waals surface area contributed by atoms with Gasteiger partial charge in [-0.2, -0.15) is 0 Å². The number of nitrogens with one attached hydrogen (secondary N) is 1. The molecule has 1 heterocycles. The number of aryl methyl sites for hydroxylation is 1. The Bertz CT molecular complexity index is 332. The zero-order valence-corrected chi connectivity index (χ0v) is 9.40. The van der Waals surface area contributed by atoms with Crippen molar-refractivity contribution in [2.45, 2.75) is 19.9 Å². The van der Waals surface area contributed by atoms with E-state index in [2.05, 4.69) is 10.3 Å². The van der Waals surface area contributed by atoms with Crippen LogP contribution in [0.5, 0.6) is 0 Å². The third-order valence-corrected chi connectivity index (χ3v) is 2.29. The summed E-state index contributed by atoms with van der Waals surface area (Å²) in [5.74, 6) is 0.181. The highest BCUT2D eigenvalue weighted by Crippen LogP contribution is 1.98. The Labute approximate surface area is 89.7 Å². The van der Waals surface area contributed by atoms with Gasteiger partial charge in [-0.05, 0) is 5.92 Å². The molecule has 0 bridgehead atoms. The molecule has 1 aromatic heterocycles. The minimum Gasteiger partial charge on any atom is -0.349 e. The van der Waals surface area contributed by atoms with Gasteiger partial charge in [0.05, 0.1) is 6.33 Å². The Morgan fingerprint density at radius 3 is 2.80 bits per heavy atom. The average molecular weight is 210 g/mol. The molecule has 0 saturated carbocycles. The summed E-state index contributed by atoms with van der Waals surface area (Å²) in [6.45, 7) is 4.53. The SMILES string of the molecule is CC(C)C(N)CNC(=O)c1cn(C)cn1. The zero-order valence-electron chi connectivity index (χ0n) is 9.40. The van der Waals surface area contributed by atoms with E-state index < -0.39 is 0 Å². The lowest BCUT2D eigenvalue weighted by Crippen LogP contribution is -2.40. The van der Waals surface area contributed by atoms with Crippen LogP contribution in [-0.2, 0) is 7.05 Å². The topological polar surface area (TPSA) is 72.9 Å². The first-order chi connectivity index (χ1) is 7.00. The van der Waals surface area contributed by atoms with Crippen molar-refractivity contribution in [3.8, 4) is 0 Å². The largest absolute Gasteiger partial charge is 0.349 e. The number of aromatic nitrogens is 2. The molecule has 0 aliphatic rings. The lowest BCUT2D eigenvalue weighted by atomic mass is 10.1. The van der Waals surface area contributed by atoms with Crippen molar-refractivity contribution in [1.29, 1.82) is 0 Å². The maximum atomic E-state index is 11.5. The van der Waals surface area contributed by atoms with E-state index in [0.717, 1.165) is 0 Å². The van der Waals surface area contributed by atoms with Crippen LogP contribution in [0.3, 0.4) is 0 Å². The molecule has 0 spiro atoms. The van der Waals surface area contributed by atoms with E-state index >= 15 is 0 Å². The highest BCUT2D eigenvalue weighted by molar-refractivity contribution is 5.92. The molecule has 1 amide bonds. The van der Waals surface area contributed by atoms with E-state index in [1.807, 2.05) is 20.9 Å². The second-order valence-electron chi connectivity index (χ2n) is 4.04. The molecule has 0 fully saturated rings. The molecule has 1 atom stereocenters. The number of rotatable bonds is 4. The minimum absolute atomic E-state index is 0.0161. The highest BCUT2D eigenvalue weighted by atomic mass is 16.1. The van der Waals surface area contributed by atoms with E-state index in [1.165, 1.54) is 0 Å². The summed E-state index contributed by atoms with van der Waals surface area (Å²) in [7, 11) is 1.82. The van der Waals surface area contributed by atoms with Crippen LogP contribution >= 0.6 is 0 Å². The number of hydrogen-bond donors (Lipinski definition) is 2. The number of carbonyl (C=O) groups is 1. The van der Waals surface area contributed by atoms with E-state index in [1.54, 1.807) is 17.1 Å². The van der Waals surface area contributed by atoms with Crippen LogP contribution in [0.1, 0.15) is 24.3 Å². The number of carbonyl (C=O) groups excluding carboxylic acids is 1. The third kappa shape index (κ3) is 3.36. The summed E-state index contributed by atoms with van der Waals surface area (Å²) in [5, 5.41) is 2.75. The fourth-order valence-corrected chi connectivity index (χ4v) is 1.07. The van der Waals surface area contributed by atoms with Crippen LogP contribution in [0.2, 0.25) is 0 Å². The van der Waals surface area contributed by atoms with Gasteiger partial charge in [0.1, 0.15) is 5.69 Å². The van der Waals surface area contributed by atoms with Gasteiger partial charge in [0.2, 0.25) is 0 Å². The van der Waals surface area contributed by atoms with Gasteiger partial charge in [0.25, 0.3) is 5.91 Å². The summed E-state index contributed by atoms with van der Waals surface area (Å²) < 4.78 is 1.73. The molecule has 5 heteroatoms.